The van der Waals surface area contributed by atoms with Gasteiger partial charge in [0.25, 0.3) is 0 Å². The molecule has 3 aromatic rings. The van der Waals surface area contributed by atoms with E-state index in [2.05, 4.69) is 20.6 Å². The summed E-state index contributed by atoms with van der Waals surface area (Å²) in [6, 6.07) is 6.67. The zero-order valence-corrected chi connectivity index (χ0v) is 20.6. The minimum Gasteiger partial charge on any atom is -0.489 e. The topological polar surface area (TPSA) is 88.6 Å². The van der Waals surface area contributed by atoms with Crippen molar-refractivity contribution in [3.63, 3.8) is 0 Å². The Bertz CT molecular complexity index is 1250. The Labute approximate surface area is 211 Å². The molecular formula is C24H25ClF3N5O3. The van der Waals surface area contributed by atoms with Crippen molar-refractivity contribution in [2.24, 2.45) is 0 Å². The summed E-state index contributed by atoms with van der Waals surface area (Å²) in [6.07, 6.45) is -0.242. The van der Waals surface area contributed by atoms with Crippen molar-refractivity contribution in [1.82, 2.24) is 14.9 Å². The quantitative estimate of drug-likeness (QED) is 0.281. The number of benzene rings is 2. The third-order valence-electron chi connectivity index (χ3n) is 4.81. The second-order valence-corrected chi connectivity index (χ2v) is 8.31. The van der Waals surface area contributed by atoms with Crippen LogP contribution in [0, 0.1) is 0 Å². The van der Waals surface area contributed by atoms with Gasteiger partial charge in [-0.25, -0.2) is 9.97 Å². The molecule has 0 unspecified atom stereocenters. The van der Waals surface area contributed by atoms with Gasteiger partial charge in [-0.3, -0.25) is 4.79 Å². The lowest BCUT2D eigenvalue weighted by Gasteiger charge is -2.16. The number of hydrogen-bond acceptors (Lipinski definition) is 7. The zero-order chi connectivity index (χ0) is 26.3. The standard InChI is InChI=1S/C24H25ClF3N5O3/c1-33(2)8-4-5-22(34)32-20-12-16-19(13-21(20)36-10-9-35-3)29-14-30-23(16)31-15-6-7-18(25)17(11-15)24(26,27)28/h4-7,11-14H,8-10H2,1-3H3,(H,32,34)(H,29,30,31). The number of nitrogens with zero attached hydrogens (tertiary/aromatic N) is 3. The average molecular weight is 524 g/mol. The number of carbonyl (C=O) groups is 1. The Hall–Kier alpha value is -3.41. The maximum absolute atomic E-state index is 13.3. The molecule has 0 aliphatic rings. The molecule has 0 aliphatic heterocycles. The molecule has 0 bridgehead atoms. The monoisotopic (exact) mass is 523 g/mol. The molecule has 1 aromatic heterocycles. The van der Waals surface area contributed by atoms with Gasteiger partial charge in [0.05, 0.1) is 28.4 Å². The molecular weight excluding hydrogens is 499 g/mol. The predicted molar refractivity (Wildman–Crippen MR) is 133 cm³/mol. The predicted octanol–water partition coefficient (Wildman–Crippen LogP) is 5.13. The van der Waals surface area contributed by atoms with Crippen molar-refractivity contribution in [2.45, 2.75) is 6.18 Å². The van der Waals surface area contributed by atoms with E-state index in [4.69, 9.17) is 21.1 Å². The number of halogens is 4. The molecule has 0 atom stereocenters. The van der Waals surface area contributed by atoms with Crippen LogP contribution < -0.4 is 15.4 Å². The number of fused-ring (bicyclic) bond motifs is 1. The van der Waals surface area contributed by atoms with E-state index in [-0.39, 0.29) is 24.0 Å². The van der Waals surface area contributed by atoms with Crippen LogP contribution in [0.5, 0.6) is 5.75 Å². The minimum absolute atomic E-state index is 0.129. The normalized spacial score (nSPS) is 11.9. The van der Waals surface area contributed by atoms with Crippen molar-refractivity contribution in [2.75, 3.05) is 51.6 Å². The van der Waals surface area contributed by atoms with Crippen molar-refractivity contribution < 1.29 is 27.4 Å². The summed E-state index contributed by atoms with van der Waals surface area (Å²) in [5.41, 5.74) is -0.0581. The van der Waals surface area contributed by atoms with Crippen LogP contribution in [0.3, 0.4) is 0 Å². The average Bonchev–Trinajstić information content (AvgIpc) is 2.80. The molecule has 0 radical (unpaired) electrons. The van der Waals surface area contributed by atoms with E-state index in [0.717, 1.165) is 12.1 Å². The van der Waals surface area contributed by atoms with Gasteiger partial charge in [-0.2, -0.15) is 13.2 Å². The lowest BCUT2D eigenvalue weighted by Crippen LogP contribution is -2.14. The minimum atomic E-state index is -4.62. The highest BCUT2D eigenvalue weighted by molar-refractivity contribution is 6.31. The number of amides is 1. The molecule has 8 nitrogen and oxygen atoms in total. The van der Waals surface area contributed by atoms with Crippen molar-refractivity contribution in [1.29, 1.82) is 0 Å². The molecule has 12 heteroatoms. The summed E-state index contributed by atoms with van der Waals surface area (Å²) in [5, 5.41) is 5.69. The van der Waals surface area contributed by atoms with E-state index in [0.29, 0.717) is 35.5 Å². The molecule has 0 spiro atoms. The van der Waals surface area contributed by atoms with Gasteiger partial charge in [0.15, 0.2) is 0 Å². The van der Waals surface area contributed by atoms with Crippen molar-refractivity contribution in [3.8, 4) is 5.75 Å². The van der Waals surface area contributed by atoms with E-state index in [1.807, 2.05) is 19.0 Å². The number of nitrogens with one attached hydrogen (secondary N) is 2. The van der Waals surface area contributed by atoms with Crippen LogP contribution in [0.15, 0.2) is 48.8 Å². The van der Waals surface area contributed by atoms with Crippen LogP contribution in [0.4, 0.5) is 30.4 Å². The number of anilines is 3. The van der Waals surface area contributed by atoms with Crippen LogP contribution >= 0.6 is 11.6 Å². The Morgan fingerprint density at radius 2 is 1.94 bits per heavy atom. The summed E-state index contributed by atoms with van der Waals surface area (Å²) < 4.78 is 50.7. The number of rotatable bonds is 10. The van der Waals surface area contributed by atoms with Crippen LogP contribution in [0.1, 0.15) is 5.56 Å². The van der Waals surface area contributed by atoms with Gasteiger partial charge in [0.2, 0.25) is 5.91 Å². The van der Waals surface area contributed by atoms with E-state index < -0.39 is 16.8 Å². The van der Waals surface area contributed by atoms with E-state index in [9.17, 15) is 18.0 Å². The first-order valence-electron chi connectivity index (χ1n) is 10.7. The molecule has 2 N–H and O–H groups in total. The second kappa shape index (κ2) is 12.0. The number of aromatic nitrogens is 2. The summed E-state index contributed by atoms with van der Waals surface area (Å²) in [6.45, 7) is 1.12. The first kappa shape index (κ1) is 27.2. The van der Waals surface area contributed by atoms with Crippen molar-refractivity contribution >= 4 is 45.6 Å². The molecule has 0 fully saturated rings. The summed E-state index contributed by atoms with van der Waals surface area (Å²) >= 11 is 5.73. The summed E-state index contributed by atoms with van der Waals surface area (Å²) in [4.78, 5) is 22.8. The SMILES string of the molecule is COCCOc1cc2ncnc(Nc3ccc(Cl)c(C(F)(F)F)c3)c2cc1NC(=O)C=CCN(C)C. The zero-order valence-electron chi connectivity index (χ0n) is 19.8. The number of alkyl halides is 3. The van der Waals surface area contributed by atoms with Crippen LogP contribution in [0.25, 0.3) is 10.9 Å². The fourth-order valence-electron chi connectivity index (χ4n) is 3.14. The van der Waals surface area contributed by atoms with E-state index >= 15 is 0 Å². The maximum atomic E-state index is 13.3. The molecule has 1 heterocycles. The Kier molecular flexibility index (Phi) is 9.08. The molecule has 0 aliphatic carbocycles. The highest BCUT2D eigenvalue weighted by Crippen LogP contribution is 2.38. The number of methoxy groups -OCH3 is 1. The largest absolute Gasteiger partial charge is 0.489 e. The fourth-order valence-corrected chi connectivity index (χ4v) is 3.36. The van der Waals surface area contributed by atoms with Gasteiger partial charge in [-0.05, 0) is 38.4 Å². The van der Waals surface area contributed by atoms with Gasteiger partial charge in [0, 0.05) is 36.9 Å². The Balaban J connectivity index is 1.99. The molecule has 192 valence electrons. The van der Waals surface area contributed by atoms with Gasteiger partial charge in [-0.1, -0.05) is 17.7 Å². The van der Waals surface area contributed by atoms with Crippen LogP contribution in [-0.2, 0) is 15.7 Å². The molecule has 0 saturated heterocycles. The summed E-state index contributed by atoms with van der Waals surface area (Å²) in [5.74, 6) is 0.202. The third-order valence-corrected chi connectivity index (χ3v) is 5.14. The molecule has 2 aromatic carbocycles. The molecule has 36 heavy (non-hydrogen) atoms. The summed E-state index contributed by atoms with van der Waals surface area (Å²) in [7, 11) is 5.29. The Morgan fingerprint density at radius 1 is 1.17 bits per heavy atom. The van der Waals surface area contributed by atoms with Crippen LogP contribution in [-0.4, -0.2) is 61.7 Å². The van der Waals surface area contributed by atoms with Gasteiger partial charge in [-0.15, -0.1) is 0 Å². The van der Waals surface area contributed by atoms with E-state index in [1.165, 1.54) is 25.6 Å². The molecule has 1 amide bonds. The number of ether oxygens (including phenoxy) is 2. The van der Waals surface area contributed by atoms with Gasteiger partial charge in [0.1, 0.15) is 24.5 Å². The number of carbonyl (C=O) groups excluding carboxylic acids is 1. The maximum Gasteiger partial charge on any atom is 0.417 e. The number of hydrogen-bond donors (Lipinski definition) is 2. The third kappa shape index (κ3) is 7.30. The smallest absolute Gasteiger partial charge is 0.417 e. The molecule has 3 rings (SSSR count). The van der Waals surface area contributed by atoms with E-state index in [1.54, 1.807) is 18.2 Å². The van der Waals surface area contributed by atoms with Gasteiger partial charge < -0.3 is 25.0 Å². The lowest BCUT2D eigenvalue weighted by molar-refractivity contribution is -0.137. The lowest BCUT2D eigenvalue weighted by atomic mass is 10.1. The Morgan fingerprint density at radius 3 is 2.64 bits per heavy atom. The molecule has 0 saturated carbocycles. The fraction of sp³-hybridized carbons (Fsp3) is 0.292. The number of likely N-dealkylation sites (N-methyl/N-ethyl adjacent to an activating group) is 1. The highest BCUT2D eigenvalue weighted by atomic mass is 35.5. The highest BCUT2D eigenvalue weighted by Gasteiger charge is 2.33. The first-order valence-corrected chi connectivity index (χ1v) is 11.1. The van der Waals surface area contributed by atoms with Crippen LogP contribution in [0.2, 0.25) is 5.02 Å². The second-order valence-electron chi connectivity index (χ2n) is 7.90. The van der Waals surface area contributed by atoms with Gasteiger partial charge >= 0.3 is 6.18 Å². The first-order chi connectivity index (χ1) is 17.1. The van der Waals surface area contributed by atoms with Crippen molar-refractivity contribution in [3.05, 3.63) is 59.4 Å².